The van der Waals surface area contributed by atoms with Gasteiger partial charge in [0.05, 0.1) is 18.6 Å². The first-order valence-corrected chi connectivity index (χ1v) is 12.1. The molecule has 34 heavy (non-hydrogen) atoms. The molecule has 1 spiro atoms. The van der Waals surface area contributed by atoms with Crippen molar-refractivity contribution in [3.05, 3.63) is 17.5 Å². The number of nitrogens with zero attached hydrogens (tertiary/aromatic N) is 2. The Hall–Kier alpha value is -2.17. The first-order valence-electron chi connectivity index (χ1n) is 12.1. The van der Waals surface area contributed by atoms with E-state index in [1.807, 2.05) is 13.8 Å². The Morgan fingerprint density at radius 1 is 1.32 bits per heavy atom. The van der Waals surface area contributed by atoms with Crippen LogP contribution in [0.1, 0.15) is 65.8 Å². The number of epoxide rings is 2. The molecule has 1 amide bonds. The monoisotopic (exact) mass is 478 g/mol. The number of allylic oxidation sites excluding steroid dienone is 1. The highest BCUT2D eigenvalue weighted by Crippen LogP contribution is 2.59. The Morgan fingerprint density at radius 2 is 2.06 bits per heavy atom. The number of nitrogens with one attached hydrogen (secondary N) is 2. The van der Waals surface area contributed by atoms with Gasteiger partial charge in [0.15, 0.2) is 0 Å². The number of hydrogen-bond acceptors (Lipinski definition) is 9. The second kappa shape index (κ2) is 9.47. The second-order valence-electron chi connectivity index (χ2n) is 10.4. The van der Waals surface area contributed by atoms with E-state index in [9.17, 15) is 4.79 Å². The molecule has 2 N–H and O–H groups in total. The van der Waals surface area contributed by atoms with Crippen molar-refractivity contribution < 1.29 is 28.2 Å². The zero-order valence-electron chi connectivity index (χ0n) is 21.2. The van der Waals surface area contributed by atoms with E-state index in [-0.39, 0.29) is 35.2 Å². The molecule has 0 aromatic carbocycles. The van der Waals surface area contributed by atoms with Crippen molar-refractivity contribution in [1.82, 2.24) is 15.5 Å². The van der Waals surface area contributed by atoms with Gasteiger partial charge in [-0.05, 0) is 46.0 Å². The van der Waals surface area contributed by atoms with Crippen molar-refractivity contribution >= 4 is 12.1 Å². The molecule has 3 heterocycles. The number of aromatic nitrogens is 2. The fourth-order valence-corrected chi connectivity index (χ4v) is 5.34. The summed E-state index contributed by atoms with van der Waals surface area (Å²) in [6.45, 7) is 10.9. The van der Waals surface area contributed by atoms with Gasteiger partial charge in [-0.25, -0.2) is 4.79 Å². The molecule has 4 rings (SSSR count). The van der Waals surface area contributed by atoms with Crippen LogP contribution in [0.5, 0.6) is 0 Å². The van der Waals surface area contributed by atoms with E-state index in [1.54, 1.807) is 14.2 Å². The SMILES string of the molecule is CNc1nnc([C@@H](NC(=O)O[C@@H]2CC[C@]3(CO3)[C@@H]([C@@]3(C)O[C@@H]3CC=C(C)C)[C@@H]2OC)C(C)C)o1. The zero-order valence-corrected chi connectivity index (χ0v) is 21.2. The maximum atomic E-state index is 13.0. The van der Waals surface area contributed by atoms with Gasteiger partial charge in [0.2, 0.25) is 5.89 Å². The minimum atomic E-state index is -0.538. The molecule has 0 bridgehead atoms. The summed E-state index contributed by atoms with van der Waals surface area (Å²) >= 11 is 0. The summed E-state index contributed by atoms with van der Waals surface area (Å²) in [5.41, 5.74) is 0.622. The normalized spacial score (nSPS) is 35.1. The number of carbonyl (C=O) groups excluding carboxylic acids is 1. The van der Waals surface area contributed by atoms with E-state index in [2.05, 4.69) is 47.7 Å². The molecule has 3 fully saturated rings. The Kier molecular flexibility index (Phi) is 6.94. The number of alkyl carbamates (subject to hydrolysis) is 1. The minimum Gasteiger partial charge on any atom is -0.443 e. The number of methoxy groups -OCH3 is 1. The van der Waals surface area contributed by atoms with Gasteiger partial charge in [-0.15, -0.1) is 5.10 Å². The summed E-state index contributed by atoms with van der Waals surface area (Å²) in [4.78, 5) is 13.0. The van der Waals surface area contributed by atoms with E-state index in [0.717, 1.165) is 12.8 Å². The third kappa shape index (κ3) is 4.81. The second-order valence-corrected chi connectivity index (χ2v) is 10.4. The minimum absolute atomic E-state index is 0.0211. The predicted molar refractivity (Wildman–Crippen MR) is 124 cm³/mol. The van der Waals surface area contributed by atoms with Crippen molar-refractivity contribution in [3.8, 4) is 0 Å². The maximum absolute atomic E-state index is 13.0. The Labute approximate surface area is 201 Å². The lowest BCUT2D eigenvalue weighted by molar-refractivity contribution is -0.118. The molecule has 1 saturated carbocycles. The van der Waals surface area contributed by atoms with Crippen molar-refractivity contribution in [3.63, 3.8) is 0 Å². The van der Waals surface area contributed by atoms with Gasteiger partial charge in [0.25, 0.3) is 0 Å². The van der Waals surface area contributed by atoms with Crippen LogP contribution in [0.3, 0.4) is 0 Å². The molecule has 7 atom stereocenters. The summed E-state index contributed by atoms with van der Waals surface area (Å²) in [6.07, 6.45) is 3.32. The Bertz CT molecular complexity index is 909. The molecule has 2 aliphatic heterocycles. The first-order chi connectivity index (χ1) is 16.1. The standard InChI is InChI=1S/C24H38N4O6/c1-13(2)8-9-16-23(5,34-16)19-18(30-7)15(10-11-24(19)12-31-24)32-22(29)26-17(14(3)4)20-27-28-21(25-6)33-20/h8,14-19H,9-12H2,1-7H3,(H,25,28)(H,26,29)/t15-,16-,17+,18-,19-,23+,24+/m1/s1. The molecule has 1 aromatic rings. The van der Waals surface area contributed by atoms with Gasteiger partial charge < -0.3 is 34.0 Å². The number of amides is 1. The molecule has 0 unspecified atom stereocenters. The van der Waals surface area contributed by atoms with Crippen LogP contribution in [-0.2, 0) is 18.9 Å². The molecule has 2 saturated heterocycles. The van der Waals surface area contributed by atoms with Crippen molar-refractivity contribution in [2.45, 2.75) is 89.4 Å². The lowest BCUT2D eigenvalue weighted by atomic mass is 9.68. The quantitative estimate of drug-likeness (QED) is 0.404. The van der Waals surface area contributed by atoms with E-state index in [4.69, 9.17) is 23.4 Å². The molecule has 190 valence electrons. The first kappa shape index (κ1) is 24.9. The third-order valence-electron chi connectivity index (χ3n) is 7.36. The number of ether oxygens (including phenoxy) is 4. The average molecular weight is 479 g/mol. The molecule has 3 aliphatic rings. The van der Waals surface area contributed by atoms with E-state index in [1.165, 1.54) is 5.57 Å². The Morgan fingerprint density at radius 3 is 2.62 bits per heavy atom. The van der Waals surface area contributed by atoms with Crippen LogP contribution < -0.4 is 10.6 Å². The van der Waals surface area contributed by atoms with Gasteiger partial charge >= 0.3 is 12.1 Å². The van der Waals surface area contributed by atoms with Gasteiger partial charge in [-0.2, -0.15) is 0 Å². The highest BCUT2D eigenvalue weighted by atomic mass is 16.6. The van der Waals surface area contributed by atoms with Crippen molar-refractivity contribution in [2.75, 3.05) is 26.1 Å². The fourth-order valence-electron chi connectivity index (χ4n) is 5.34. The van der Waals surface area contributed by atoms with E-state index < -0.39 is 18.2 Å². The van der Waals surface area contributed by atoms with Crippen LogP contribution in [0.25, 0.3) is 0 Å². The zero-order chi connectivity index (χ0) is 24.7. The number of rotatable bonds is 9. The van der Waals surface area contributed by atoms with Crippen LogP contribution in [0.15, 0.2) is 16.1 Å². The predicted octanol–water partition coefficient (Wildman–Crippen LogP) is 3.61. The van der Waals surface area contributed by atoms with Gasteiger partial charge in [0, 0.05) is 14.2 Å². The van der Waals surface area contributed by atoms with Crippen molar-refractivity contribution in [1.29, 1.82) is 0 Å². The highest BCUT2D eigenvalue weighted by molar-refractivity contribution is 5.68. The van der Waals surface area contributed by atoms with Crippen LogP contribution in [0.2, 0.25) is 0 Å². The van der Waals surface area contributed by atoms with Gasteiger partial charge in [0.1, 0.15) is 29.5 Å². The largest absolute Gasteiger partial charge is 0.443 e. The van der Waals surface area contributed by atoms with Crippen molar-refractivity contribution in [2.24, 2.45) is 11.8 Å². The summed E-state index contributed by atoms with van der Waals surface area (Å²) in [6, 6.07) is -0.182. The number of carbonyl (C=O) groups is 1. The summed E-state index contributed by atoms with van der Waals surface area (Å²) in [7, 11) is 3.36. The van der Waals surface area contributed by atoms with Crippen LogP contribution in [0.4, 0.5) is 10.8 Å². The van der Waals surface area contributed by atoms with Crippen LogP contribution >= 0.6 is 0 Å². The molecule has 0 radical (unpaired) electrons. The fraction of sp³-hybridized carbons (Fsp3) is 0.792. The van der Waals surface area contributed by atoms with Crippen LogP contribution in [-0.4, -0.2) is 66.6 Å². The van der Waals surface area contributed by atoms with Gasteiger partial charge in [-0.1, -0.05) is 30.6 Å². The lowest BCUT2D eigenvalue weighted by Gasteiger charge is -2.42. The molecular formula is C24H38N4O6. The lowest BCUT2D eigenvalue weighted by Crippen LogP contribution is -2.56. The van der Waals surface area contributed by atoms with E-state index >= 15 is 0 Å². The van der Waals surface area contributed by atoms with E-state index in [0.29, 0.717) is 24.9 Å². The topological polar surface area (TPSA) is 124 Å². The van der Waals surface area contributed by atoms with Gasteiger partial charge in [-0.3, -0.25) is 0 Å². The average Bonchev–Trinajstić information content (AvgIpc) is 3.64. The molecule has 10 nitrogen and oxygen atoms in total. The molecule has 1 aliphatic carbocycles. The summed E-state index contributed by atoms with van der Waals surface area (Å²) < 4.78 is 29.7. The molecule has 1 aromatic heterocycles. The van der Waals surface area contributed by atoms with Crippen LogP contribution in [0, 0.1) is 11.8 Å². The number of hydrogen-bond donors (Lipinski definition) is 2. The number of anilines is 1. The third-order valence-corrected chi connectivity index (χ3v) is 7.36. The maximum Gasteiger partial charge on any atom is 0.408 e. The summed E-state index contributed by atoms with van der Waals surface area (Å²) in [5, 5.41) is 13.7. The summed E-state index contributed by atoms with van der Waals surface area (Å²) in [5.74, 6) is 0.322. The molecular weight excluding hydrogens is 440 g/mol. The highest BCUT2D eigenvalue weighted by Gasteiger charge is 2.72. The Balaban J connectivity index is 1.45. The smallest absolute Gasteiger partial charge is 0.408 e. The molecule has 10 heteroatoms.